The van der Waals surface area contributed by atoms with E-state index in [4.69, 9.17) is 11.6 Å². The Morgan fingerprint density at radius 3 is 2.57 bits per heavy atom. The predicted molar refractivity (Wildman–Crippen MR) is 167 cm³/mol. The molecule has 1 amide bonds. The number of pyridine rings is 2. The lowest BCUT2D eigenvalue weighted by Crippen LogP contribution is -2.34. The zero-order valence-electron chi connectivity index (χ0n) is 22.7. The summed E-state index contributed by atoms with van der Waals surface area (Å²) in [4.78, 5) is 30.4. The first-order chi connectivity index (χ1) is 20.3. The first kappa shape index (κ1) is 28.9. The van der Waals surface area contributed by atoms with Crippen LogP contribution in [0.2, 0.25) is 5.15 Å². The Morgan fingerprint density at radius 2 is 1.83 bits per heavy atom. The molecule has 0 saturated carbocycles. The molecule has 0 atom stereocenters. The number of carbonyl (C=O) groups is 1. The van der Waals surface area contributed by atoms with E-state index in [9.17, 15) is 4.79 Å². The molecule has 6 aromatic rings. The number of hydrogen-bond acceptors (Lipinski definition) is 11. The van der Waals surface area contributed by atoms with Gasteiger partial charge in [0.1, 0.15) is 16.8 Å². The lowest BCUT2D eigenvalue weighted by molar-refractivity contribution is 0.237. The Balaban J connectivity index is 0.000000175. The molecule has 0 unspecified atom stereocenters. The summed E-state index contributed by atoms with van der Waals surface area (Å²) in [6, 6.07) is 10.9. The number of aryl methyl sites for hydroxylation is 1. The predicted octanol–water partition coefficient (Wildman–Crippen LogP) is 6.74. The average Bonchev–Trinajstić information content (AvgIpc) is 3.77. The van der Waals surface area contributed by atoms with E-state index in [1.165, 1.54) is 27.4 Å². The van der Waals surface area contributed by atoms with Gasteiger partial charge >= 0.3 is 6.03 Å². The zero-order chi connectivity index (χ0) is 29.5. The molecule has 42 heavy (non-hydrogen) atoms. The van der Waals surface area contributed by atoms with Crippen molar-refractivity contribution in [1.82, 2.24) is 45.2 Å². The molecule has 4 N–H and O–H groups in total. The first-order valence-corrected chi connectivity index (χ1v) is 14.8. The van der Waals surface area contributed by atoms with Crippen LogP contribution in [0.3, 0.4) is 0 Å². The number of halogens is 1. The van der Waals surface area contributed by atoms with Crippen LogP contribution in [0.15, 0.2) is 72.8 Å². The number of hydrogen-bond donors (Lipinski definition) is 4. The lowest BCUT2D eigenvalue weighted by Gasteiger charge is -2.06. The molecule has 12 nitrogen and oxygen atoms in total. The van der Waals surface area contributed by atoms with E-state index in [-0.39, 0.29) is 12.1 Å². The van der Waals surface area contributed by atoms with E-state index < -0.39 is 0 Å². The van der Waals surface area contributed by atoms with Gasteiger partial charge in [0.15, 0.2) is 10.3 Å². The monoisotopic (exact) mass is 619 g/mol. The van der Waals surface area contributed by atoms with E-state index in [2.05, 4.69) is 51.2 Å². The van der Waals surface area contributed by atoms with Crippen molar-refractivity contribution < 1.29 is 4.79 Å². The van der Waals surface area contributed by atoms with Crippen LogP contribution in [-0.4, -0.2) is 52.0 Å². The quantitative estimate of drug-likeness (QED) is 0.142. The van der Waals surface area contributed by atoms with Crippen molar-refractivity contribution in [1.29, 1.82) is 0 Å². The molecule has 0 spiro atoms. The molecule has 0 aliphatic carbocycles. The van der Waals surface area contributed by atoms with Crippen molar-refractivity contribution in [2.75, 3.05) is 10.6 Å². The summed E-state index contributed by atoms with van der Waals surface area (Å²) >= 11 is 8.85. The van der Waals surface area contributed by atoms with Gasteiger partial charge in [-0.25, -0.2) is 24.7 Å². The number of rotatable bonds is 7. The second-order valence-corrected chi connectivity index (χ2v) is 11.5. The Morgan fingerprint density at radius 1 is 1.00 bits per heavy atom. The summed E-state index contributed by atoms with van der Waals surface area (Å²) in [6.45, 7) is 5.80. The van der Waals surface area contributed by atoms with Crippen molar-refractivity contribution in [3.63, 3.8) is 0 Å². The lowest BCUT2D eigenvalue weighted by atomic mass is 10.2. The summed E-state index contributed by atoms with van der Waals surface area (Å²) in [6.07, 6.45) is 8.59. The Hall–Kier alpha value is -4.66. The van der Waals surface area contributed by atoms with E-state index in [0.29, 0.717) is 11.0 Å². The van der Waals surface area contributed by atoms with Crippen LogP contribution in [0.5, 0.6) is 0 Å². The fourth-order valence-electron chi connectivity index (χ4n) is 3.58. The summed E-state index contributed by atoms with van der Waals surface area (Å²) in [7, 11) is 0. The number of thiazole rings is 2. The summed E-state index contributed by atoms with van der Waals surface area (Å²) in [5, 5.41) is 23.8. The molecule has 214 valence electrons. The smallest absolute Gasteiger partial charge is 0.334 e. The molecule has 0 saturated heterocycles. The third kappa shape index (κ3) is 7.54. The Labute approximate surface area is 254 Å². The maximum absolute atomic E-state index is 12.0. The second-order valence-electron chi connectivity index (χ2n) is 9.04. The molecule has 0 aliphatic rings. The number of nitrogens with zero attached hydrogens (tertiary/aromatic N) is 7. The summed E-state index contributed by atoms with van der Waals surface area (Å²) in [5.41, 5.74) is 3.44. The number of aromatic amines is 1. The molecule has 0 bridgehead atoms. The summed E-state index contributed by atoms with van der Waals surface area (Å²) < 4.78 is 1.29. The maximum Gasteiger partial charge on any atom is 0.342 e. The van der Waals surface area contributed by atoms with E-state index >= 15 is 0 Å². The van der Waals surface area contributed by atoms with E-state index in [1.54, 1.807) is 37.1 Å². The Bertz CT molecular complexity index is 1750. The number of anilines is 4. The fraction of sp³-hybridized carbons (Fsp3) is 0.148. The molecular formula is C27H26ClN11OS2. The number of amides is 1. The molecule has 0 aromatic carbocycles. The minimum atomic E-state index is -0.254. The molecule has 0 aliphatic heterocycles. The maximum atomic E-state index is 12.0. The Kier molecular flexibility index (Phi) is 9.16. The molecular weight excluding hydrogens is 594 g/mol. The third-order valence-corrected chi connectivity index (χ3v) is 7.28. The van der Waals surface area contributed by atoms with Gasteiger partial charge in [0, 0.05) is 46.0 Å². The van der Waals surface area contributed by atoms with Crippen LogP contribution in [0.25, 0.3) is 22.5 Å². The number of aromatic nitrogens is 8. The van der Waals surface area contributed by atoms with E-state index in [1.807, 2.05) is 56.5 Å². The van der Waals surface area contributed by atoms with Gasteiger partial charge in [-0.15, -0.1) is 22.7 Å². The SMILES string of the molecule is Cc1sc(Nc2ccccn2)nc1-c1cnn(C(=O)NC(C)C)c1.Clc1cccc(Nc2nc(-c3cn[nH]c3)cs2)n1. The largest absolute Gasteiger partial charge is 0.342 e. The second kappa shape index (κ2) is 13.3. The van der Waals surface area contributed by atoms with Crippen LogP contribution >= 0.6 is 34.3 Å². The topological polar surface area (TPSA) is 151 Å². The van der Waals surface area contributed by atoms with E-state index in [0.717, 1.165) is 43.5 Å². The highest BCUT2D eigenvalue weighted by molar-refractivity contribution is 7.16. The van der Waals surface area contributed by atoms with Gasteiger partial charge in [0.25, 0.3) is 0 Å². The third-order valence-electron chi connectivity index (χ3n) is 5.42. The molecule has 6 heterocycles. The van der Waals surface area contributed by atoms with Gasteiger partial charge in [0.2, 0.25) is 0 Å². The van der Waals surface area contributed by atoms with Crippen molar-refractivity contribution in [2.45, 2.75) is 26.8 Å². The minimum absolute atomic E-state index is 0.0559. The number of H-pyrrole nitrogens is 1. The molecule has 6 rings (SSSR count). The highest BCUT2D eigenvalue weighted by Crippen LogP contribution is 2.31. The molecule has 0 fully saturated rings. The summed E-state index contributed by atoms with van der Waals surface area (Å²) in [5.74, 6) is 1.42. The standard InChI is InChI=1S/C16H18N6OS.C11H8ClN5S/c1-10(2)19-16(23)22-9-12(8-18-22)14-11(3)24-15(21-14)20-13-6-4-5-7-17-13;12-9-2-1-3-10(16-9)17-11-15-8(6-18-11)7-4-13-14-5-7/h4-10H,1-3H3,(H,19,23)(H,17,20,21);1-6H,(H,13,14)(H,15,16,17). The van der Waals surface area contributed by atoms with Gasteiger partial charge in [-0.2, -0.15) is 14.9 Å². The van der Waals surface area contributed by atoms with Crippen LogP contribution in [0.1, 0.15) is 18.7 Å². The molecule has 15 heteroatoms. The van der Waals surface area contributed by atoms with Crippen LogP contribution < -0.4 is 16.0 Å². The van der Waals surface area contributed by atoms with Crippen molar-refractivity contribution in [3.05, 3.63) is 82.8 Å². The van der Waals surface area contributed by atoms with Crippen molar-refractivity contribution in [3.8, 4) is 22.5 Å². The van der Waals surface area contributed by atoms with Gasteiger partial charge in [0.05, 0.1) is 23.8 Å². The first-order valence-electron chi connectivity index (χ1n) is 12.7. The fourth-order valence-corrected chi connectivity index (χ4v) is 5.31. The number of nitrogens with one attached hydrogen (secondary N) is 4. The minimum Gasteiger partial charge on any atom is -0.334 e. The van der Waals surface area contributed by atoms with Crippen LogP contribution in [0, 0.1) is 6.92 Å². The van der Waals surface area contributed by atoms with Crippen LogP contribution in [0.4, 0.5) is 26.7 Å². The van der Waals surface area contributed by atoms with Gasteiger partial charge in [-0.05, 0) is 45.0 Å². The number of carbonyl (C=O) groups excluding carboxylic acids is 1. The van der Waals surface area contributed by atoms with Gasteiger partial charge in [-0.1, -0.05) is 23.7 Å². The average molecular weight is 620 g/mol. The van der Waals surface area contributed by atoms with Gasteiger partial charge in [-0.3, -0.25) is 5.10 Å². The molecule has 6 aromatic heterocycles. The zero-order valence-corrected chi connectivity index (χ0v) is 25.1. The van der Waals surface area contributed by atoms with Crippen molar-refractivity contribution in [2.24, 2.45) is 0 Å². The highest BCUT2D eigenvalue weighted by Gasteiger charge is 2.15. The van der Waals surface area contributed by atoms with Crippen molar-refractivity contribution >= 4 is 62.2 Å². The molecule has 0 radical (unpaired) electrons. The highest BCUT2D eigenvalue weighted by atomic mass is 35.5. The normalized spacial score (nSPS) is 10.7. The van der Waals surface area contributed by atoms with Gasteiger partial charge < -0.3 is 16.0 Å². The van der Waals surface area contributed by atoms with Crippen LogP contribution in [-0.2, 0) is 0 Å².